The molecule has 1 saturated heterocycles. The van der Waals surface area contributed by atoms with Crippen molar-refractivity contribution in [2.75, 3.05) is 37.7 Å². The zero-order valence-electron chi connectivity index (χ0n) is 19.6. The van der Waals surface area contributed by atoms with Crippen molar-refractivity contribution >= 4 is 30.4 Å². The minimum absolute atomic E-state index is 0.0411. The third kappa shape index (κ3) is 4.60. The third-order valence-electron chi connectivity index (χ3n) is 6.98. The van der Waals surface area contributed by atoms with E-state index < -0.39 is 5.97 Å². The highest BCUT2D eigenvalue weighted by atomic mass is 32.1. The van der Waals surface area contributed by atoms with Crippen LogP contribution < -0.4 is 4.90 Å². The van der Waals surface area contributed by atoms with E-state index in [4.69, 9.17) is 9.84 Å². The molecule has 0 bridgehead atoms. The van der Waals surface area contributed by atoms with Crippen LogP contribution in [0, 0.1) is 6.92 Å². The lowest BCUT2D eigenvalue weighted by atomic mass is 9.98. The SMILES string of the molecule is Cc1c(S)cc(CC(=O)O)cc1N1CCN(C(=O)OCC2c3ccccc3-c3ccccc32)CC1. The summed E-state index contributed by atoms with van der Waals surface area (Å²) >= 11 is 4.54. The van der Waals surface area contributed by atoms with E-state index in [0.29, 0.717) is 32.8 Å². The van der Waals surface area contributed by atoms with Crippen LogP contribution in [-0.2, 0) is 16.0 Å². The van der Waals surface area contributed by atoms with Gasteiger partial charge in [-0.15, -0.1) is 12.6 Å². The summed E-state index contributed by atoms with van der Waals surface area (Å²) in [5.74, 6) is -0.825. The number of amides is 1. The summed E-state index contributed by atoms with van der Waals surface area (Å²) in [4.78, 5) is 28.8. The number of rotatable bonds is 5. The molecule has 0 aromatic heterocycles. The van der Waals surface area contributed by atoms with Crippen LogP contribution in [0.15, 0.2) is 65.6 Å². The molecule has 35 heavy (non-hydrogen) atoms. The highest BCUT2D eigenvalue weighted by Crippen LogP contribution is 2.44. The number of benzene rings is 3. The predicted molar refractivity (Wildman–Crippen MR) is 139 cm³/mol. The van der Waals surface area contributed by atoms with Crippen LogP contribution in [0.2, 0.25) is 0 Å². The number of piperazine rings is 1. The van der Waals surface area contributed by atoms with Crippen LogP contribution in [-0.4, -0.2) is 54.9 Å². The first-order valence-corrected chi connectivity index (χ1v) is 12.3. The van der Waals surface area contributed by atoms with E-state index in [2.05, 4.69) is 41.8 Å². The number of hydrogen-bond donors (Lipinski definition) is 2. The predicted octanol–water partition coefficient (Wildman–Crippen LogP) is 4.98. The van der Waals surface area contributed by atoms with E-state index in [-0.39, 0.29) is 18.4 Å². The van der Waals surface area contributed by atoms with Gasteiger partial charge < -0.3 is 19.6 Å². The van der Waals surface area contributed by atoms with E-state index >= 15 is 0 Å². The normalized spacial score (nSPS) is 15.0. The van der Waals surface area contributed by atoms with Crippen molar-refractivity contribution in [2.24, 2.45) is 0 Å². The molecule has 0 unspecified atom stereocenters. The van der Waals surface area contributed by atoms with Crippen LogP contribution >= 0.6 is 12.6 Å². The zero-order chi connectivity index (χ0) is 24.5. The number of aliphatic carboxylic acids is 1. The van der Waals surface area contributed by atoms with E-state index in [1.54, 1.807) is 4.90 Å². The number of carbonyl (C=O) groups is 2. The third-order valence-corrected chi connectivity index (χ3v) is 7.45. The summed E-state index contributed by atoms with van der Waals surface area (Å²) in [6.07, 6.45) is -0.335. The van der Waals surface area contributed by atoms with Gasteiger partial charge in [-0.3, -0.25) is 4.79 Å². The minimum Gasteiger partial charge on any atom is -0.481 e. The molecule has 0 spiro atoms. The Bertz CT molecular complexity index is 1240. The highest BCUT2D eigenvalue weighted by Gasteiger charge is 2.30. The number of nitrogens with zero attached hydrogens (tertiary/aromatic N) is 2. The Labute approximate surface area is 210 Å². The molecule has 1 aliphatic carbocycles. The van der Waals surface area contributed by atoms with Crippen molar-refractivity contribution in [3.63, 3.8) is 0 Å². The second-order valence-electron chi connectivity index (χ2n) is 9.11. The van der Waals surface area contributed by atoms with Crippen molar-refractivity contribution < 1.29 is 19.4 Å². The Morgan fingerprint density at radius 2 is 1.57 bits per heavy atom. The van der Waals surface area contributed by atoms with Gasteiger partial charge in [0.1, 0.15) is 6.61 Å². The molecular weight excluding hydrogens is 460 g/mol. The van der Waals surface area contributed by atoms with Crippen molar-refractivity contribution in [1.82, 2.24) is 4.90 Å². The largest absolute Gasteiger partial charge is 0.481 e. The molecule has 6 nitrogen and oxygen atoms in total. The van der Waals surface area contributed by atoms with E-state index in [1.807, 2.05) is 43.3 Å². The molecular formula is C28H28N2O4S. The van der Waals surface area contributed by atoms with Gasteiger partial charge in [0.05, 0.1) is 6.42 Å². The molecule has 2 aliphatic rings. The van der Waals surface area contributed by atoms with Crippen molar-refractivity contribution in [3.05, 3.63) is 82.9 Å². The summed E-state index contributed by atoms with van der Waals surface area (Å²) in [6, 6.07) is 20.3. The Balaban J connectivity index is 1.23. The number of hydrogen-bond acceptors (Lipinski definition) is 5. The fourth-order valence-corrected chi connectivity index (χ4v) is 5.44. The van der Waals surface area contributed by atoms with Gasteiger partial charge in [0.2, 0.25) is 0 Å². The maximum absolute atomic E-state index is 12.9. The van der Waals surface area contributed by atoms with Gasteiger partial charge in [-0.05, 0) is 52.4 Å². The molecule has 1 aliphatic heterocycles. The lowest BCUT2D eigenvalue weighted by Gasteiger charge is -2.36. The topological polar surface area (TPSA) is 70.1 Å². The molecule has 1 heterocycles. The average molecular weight is 489 g/mol. The molecule has 3 aromatic rings. The van der Waals surface area contributed by atoms with Gasteiger partial charge in [0, 0.05) is 42.7 Å². The van der Waals surface area contributed by atoms with Crippen LogP contribution in [0.25, 0.3) is 11.1 Å². The molecule has 3 aromatic carbocycles. The number of carbonyl (C=O) groups excluding carboxylic acids is 1. The molecule has 7 heteroatoms. The molecule has 1 amide bonds. The fourth-order valence-electron chi connectivity index (χ4n) is 5.16. The van der Waals surface area contributed by atoms with Gasteiger partial charge in [0.25, 0.3) is 0 Å². The summed E-state index contributed by atoms with van der Waals surface area (Å²) in [5.41, 5.74) is 7.53. The molecule has 0 radical (unpaired) electrons. The van der Waals surface area contributed by atoms with Gasteiger partial charge in [-0.25, -0.2) is 4.79 Å². The standard InChI is InChI=1S/C28H28N2O4S/c1-18-25(14-19(15-26(18)35)16-27(31)32)29-10-12-30(13-11-29)28(33)34-17-24-22-8-4-2-6-20(22)21-7-3-5-9-23(21)24/h2-9,14-15,24,35H,10-13,16-17H2,1H3,(H,31,32). The summed E-state index contributed by atoms with van der Waals surface area (Å²) < 4.78 is 5.82. The van der Waals surface area contributed by atoms with Gasteiger partial charge >= 0.3 is 12.1 Å². The van der Waals surface area contributed by atoms with Gasteiger partial charge in [-0.1, -0.05) is 48.5 Å². The quantitative estimate of drug-likeness (QED) is 0.496. The number of carboxylic acid groups (broad SMARTS) is 1. The minimum atomic E-state index is -0.868. The van der Waals surface area contributed by atoms with Crippen molar-refractivity contribution in [1.29, 1.82) is 0 Å². The number of thiol groups is 1. The molecule has 1 N–H and O–H groups in total. The Hall–Kier alpha value is -3.45. The summed E-state index contributed by atoms with van der Waals surface area (Å²) in [5, 5.41) is 9.17. The lowest BCUT2D eigenvalue weighted by Crippen LogP contribution is -2.49. The molecule has 0 saturated carbocycles. The highest BCUT2D eigenvalue weighted by molar-refractivity contribution is 7.80. The Kier molecular flexibility index (Phi) is 6.43. The first-order chi connectivity index (χ1) is 16.9. The first kappa shape index (κ1) is 23.3. The maximum atomic E-state index is 12.9. The fraction of sp³-hybridized carbons (Fsp3) is 0.286. The summed E-state index contributed by atoms with van der Waals surface area (Å²) in [7, 11) is 0. The number of carboxylic acids is 1. The van der Waals surface area contributed by atoms with Crippen LogP contribution in [0.3, 0.4) is 0 Å². The molecule has 180 valence electrons. The second kappa shape index (κ2) is 9.66. The second-order valence-corrected chi connectivity index (χ2v) is 9.59. The number of ether oxygens (including phenoxy) is 1. The number of anilines is 1. The lowest BCUT2D eigenvalue weighted by molar-refractivity contribution is -0.136. The monoisotopic (exact) mass is 488 g/mol. The van der Waals surface area contributed by atoms with Gasteiger partial charge in [0.15, 0.2) is 0 Å². The van der Waals surface area contributed by atoms with Crippen LogP contribution in [0.1, 0.15) is 28.2 Å². The Morgan fingerprint density at radius 3 is 2.17 bits per heavy atom. The smallest absolute Gasteiger partial charge is 0.409 e. The zero-order valence-corrected chi connectivity index (χ0v) is 20.5. The average Bonchev–Trinajstić information content (AvgIpc) is 3.18. The number of fused-ring (bicyclic) bond motifs is 3. The maximum Gasteiger partial charge on any atom is 0.409 e. The van der Waals surface area contributed by atoms with E-state index in [0.717, 1.165) is 21.7 Å². The summed E-state index contributed by atoms with van der Waals surface area (Å²) in [6.45, 7) is 4.68. The molecule has 5 rings (SSSR count). The van der Waals surface area contributed by atoms with E-state index in [9.17, 15) is 9.59 Å². The van der Waals surface area contributed by atoms with Crippen molar-refractivity contribution in [2.45, 2.75) is 24.2 Å². The van der Waals surface area contributed by atoms with Crippen molar-refractivity contribution in [3.8, 4) is 11.1 Å². The van der Waals surface area contributed by atoms with Crippen LogP contribution in [0.4, 0.5) is 10.5 Å². The Morgan fingerprint density at radius 1 is 0.971 bits per heavy atom. The molecule has 1 fully saturated rings. The molecule has 0 atom stereocenters. The van der Waals surface area contributed by atoms with E-state index in [1.165, 1.54) is 22.3 Å². The van der Waals surface area contributed by atoms with Crippen LogP contribution in [0.5, 0.6) is 0 Å². The van der Waals surface area contributed by atoms with Gasteiger partial charge in [-0.2, -0.15) is 0 Å². The first-order valence-electron chi connectivity index (χ1n) is 11.8.